The maximum atomic E-state index is 12.4. The lowest BCUT2D eigenvalue weighted by molar-refractivity contribution is -0.149. The van der Waals surface area contributed by atoms with Gasteiger partial charge < -0.3 is 19.1 Å². The highest BCUT2D eigenvalue weighted by Gasteiger charge is 2.38. The SMILES string of the molecule is O=C(OCc1cc(Cl)cc2c1OCOC2)[C@@H]1CC(=O)N(CC2CC2)C1. The summed E-state index contributed by atoms with van der Waals surface area (Å²) >= 11 is 6.11. The molecular weight excluding hydrogens is 346 g/mol. The average molecular weight is 366 g/mol. The van der Waals surface area contributed by atoms with Gasteiger partial charge >= 0.3 is 5.97 Å². The van der Waals surface area contributed by atoms with Crippen LogP contribution < -0.4 is 4.74 Å². The third-order valence-corrected chi connectivity index (χ3v) is 5.06. The van der Waals surface area contributed by atoms with E-state index in [1.54, 1.807) is 17.0 Å². The first kappa shape index (κ1) is 16.7. The zero-order chi connectivity index (χ0) is 17.4. The summed E-state index contributed by atoms with van der Waals surface area (Å²) in [7, 11) is 0. The molecule has 7 heteroatoms. The number of esters is 1. The fourth-order valence-corrected chi connectivity index (χ4v) is 3.61. The molecule has 0 spiro atoms. The van der Waals surface area contributed by atoms with Gasteiger partial charge in [0.25, 0.3) is 0 Å². The van der Waals surface area contributed by atoms with E-state index < -0.39 is 0 Å². The van der Waals surface area contributed by atoms with E-state index in [0.29, 0.717) is 29.8 Å². The van der Waals surface area contributed by atoms with Gasteiger partial charge in [0.2, 0.25) is 5.91 Å². The van der Waals surface area contributed by atoms with Crippen LogP contribution in [0.25, 0.3) is 0 Å². The zero-order valence-electron chi connectivity index (χ0n) is 13.8. The molecule has 1 aromatic rings. The third-order valence-electron chi connectivity index (χ3n) is 4.84. The molecule has 1 saturated heterocycles. The minimum Gasteiger partial charge on any atom is -0.467 e. The smallest absolute Gasteiger partial charge is 0.311 e. The van der Waals surface area contributed by atoms with E-state index in [-0.39, 0.29) is 37.6 Å². The highest BCUT2D eigenvalue weighted by atomic mass is 35.5. The Morgan fingerprint density at radius 1 is 1.36 bits per heavy atom. The second-order valence-electron chi connectivity index (χ2n) is 6.91. The van der Waals surface area contributed by atoms with Crippen molar-refractivity contribution in [3.63, 3.8) is 0 Å². The van der Waals surface area contributed by atoms with Crippen LogP contribution in [-0.4, -0.2) is 36.7 Å². The number of halogens is 1. The van der Waals surface area contributed by atoms with Gasteiger partial charge in [-0.15, -0.1) is 0 Å². The van der Waals surface area contributed by atoms with Crippen molar-refractivity contribution in [3.05, 3.63) is 28.3 Å². The molecule has 4 rings (SSSR count). The number of fused-ring (bicyclic) bond motifs is 1. The lowest BCUT2D eigenvalue weighted by Gasteiger charge is -2.21. The van der Waals surface area contributed by atoms with E-state index >= 15 is 0 Å². The molecule has 1 aliphatic carbocycles. The number of carbonyl (C=O) groups excluding carboxylic acids is 2. The van der Waals surface area contributed by atoms with Gasteiger partial charge in [0.15, 0.2) is 6.79 Å². The predicted octanol–water partition coefficient (Wildman–Crippen LogP) is 2.51. The van der Waals surface area contributed by atoms with Crippen LogP contribution in [0.15, 0.2) is 12.1 Å². The monoisotopic (exact) mass is 365 g/mol. The van der Waals surface area contributed by atoms with Crippen molar-refractivity contribution >= 4 is 23.5 Å². The fourth-order valence-electron chi connectivity index (χ4n) is 3.35. The summed E-state index contributed by atoms with van der Waals surface area (Å²) in [5.74, 6) is 0.616. The third kappa shape index (κ3) is 3.75. The van der Waals surface area contributed by atoms with Crippen LogP contribution in [0, 0.1) is 11.8 Å². The number of benzene rings is 1. The topological polar surface area (TPSA) is 65.1 Å². The number of carbonyl (C=O) groups is 2. The first-order valence-electron chi connectivity index (χ1n) is 8.56. The second kappa shape index (κ2) is 6.84. The van der Waals surface area contributed by atoms with Gasteiger partial charge in [-0.25, -0.2) is 0 Å². The van der Waals surface area contributed by atoms with Crippen LogP contribution in [0.4, 0.5) is 0 Å². The van der Waals surface area contributed by atoms with Crippen LogP contribution in [0.5, 0.6) is 5.75 Å². The molecule has 2 fully saturated rings. The summed E-state index contributed by atoms with van der Waals surface area (Å²) < 4.78 is 16.2. The Morgan fingerprint density at radius 2 is 2.20 bits per heavy atom. The molecule has 134 valence electrons. The minimum atomic E-state index is -0.384. The molecule has 0 N–H and O–H groups in total. The lowest BCUT2D eigenvalue weighted by Crippen LogP contribution is -2.28. The molecule has 2 aliphatic heterocycles. The molecule has 1 aromatic carbocycles. The van der Waals surface area contributed by atoms with Gasteiger partial charge in [-0.2, -0.15) is 0 Å². The predicted molar refractivity (Wildman–Crippen MR) is 88.9 cm³/mol. The second-order valence-corrected chi connectivity index (χ2v) is 7.35. The molecule has 0 aromatic heterocycles. The Hall–Kier alpha value is -1.79. The molecule has 0 unspecified atom stereocenters. The van der Waals surface area contributed by atoms with Crippen molar-refractivity contribution in [1.82, 2.24) is 4.90 Å². The summed E-state index contributed by atoms with van der Waals surface area (Å²) in [5, 5.41) is 0.547. The number of nitrogens with zero attached hydrogens (tertiary/aromatic N) is 1. The normalized spacial score (nSPS) is 22.5. The van der Waals surface area contributed by atoms with Crippen molar-refractivity contribution in [3.8, 4) is 5.75 Å². The molecule has 25 heavy (non-hydrogen) atoms. The van der Waals surface area contributed by atoms with Gasteiger partial charge in [-0.3, -0.25) is 9.59 Å². The van der Waals surface area contributed by atoms with Crippen molar-refractivity contribution in [2.75, 3.05) is 19.9 Å². The van der Waals surface area contributed by atoms with Crippen LogP contribution in [0.2, 0.25) is 5.02 Å². The molecule has 6 nitrogen and oxygen atoms in total. The summed E-state index contributed by atoms with van der Waals surface area (Å²) in [6.45, 7) is 1.91. The molecule has 3 aliphatic rings. The maximum Gasteiger partial charge on any atom is 0.311 e. The molecule has 0 bridgehead atoms. The number of rotatable bonds is 5. The van der Waals surface area contributed by atoms with E-state index in [4.69, 9.17) is 25.8 Å². The fraction of sp³-hybridized carbons (Fsp3) is 0.556. The van der Waals surface area contributed by atoms with Crippen LogP contribution in [-0.2, 0) is 32.3 Å². The molecule has 1 saturated carbocycles. The van der Waals surface area contributed by atoms with E-state index in [1.165, 1.54) is 12.8 Å². The summed E-state index contributed by atoms with van der Waals surface area (Å²) in [6.07, 6.45) is 2.61. The molecule has 1 amide bonds. The first-order chi connectivity index (χ1) is 12.1. The van der Waals surface area contributed by atoms with Gasteiger partial charge in [-0.05, 0) is 30.9 Å². The standard InChI is InChI=1S/C18H20ClNO5/c19-15-3-13-8-23-10-25-17(13)14(4-15)9-24-18(22)12-5-16(21)20(7-12)6-11-1-2-11/h3-4,11-12H,1-2,5-10H2/t12-/m1/s1. The number of amides is 1. The summed E-state index contributed by atoms with van der Waals surface area (Å²) in [4.78, 5) is 26.2. The number of hydrogen-bond donors (Lipinski definition) is 0. The van der Waals surface area contributed by atoms with Gasteiger partial charge in [0.05, 0.1) is 12.5 Å². The van der Waals surface area contributed by atoms with Crippen molar-refractivity contribution < 1.29 is 23.8 Å². The average Bonchev–Trinajstić information content (AvgIpc) is 3.34. The highest BCUT2D eigenvalue weighted by Crippen LogP contribution is 2.34. The number of likely N-dealkylation sites (tertiary alicyclic amines) is 1. The lowest BCUT2D eigenvalue weighted by atomic mass is 10.1. The van der Waals surface area contributed by atoms with E-state index in [1.807, 2.05) is 0 Å². The quantitative estimate of drug-likeness (QED) is 0.750. The summed E-state index contributed by atoms with van der Waals surface area (Å²) in [5.41, 5.74) is 1.56. The summed E-state index contributed by atoms with van der Waals surface area (Å²) in [6, 6.07) is 3.52. The Labute approximate surface area is 151 Å². The van der Waals surface area contributed by atoms with Crippen LogP contribution in [0.1, 0.15) is 30.4 Å². The Bertz CT molecular complexity index is 703. The minimum absolute atomic E-state index is 0.0504. The Balaban J connectivity index is 1.37. The van der Waals surface area contributed by atoms with Gasteiger partial charge in [0, 0.05) is 35.7 Å². The zero-order valence-corrected chi connectivity index (χ0v) is 14.6. The van der Waals surface area contributed by atoms with Crippen LogP contribution >= 0.6 is 11.6 Å². The van der Waals surface area contributed by atoms with Crippen LogP contribution in [0.3, 0.4) is 0 Å². The maximum absolute atomic E-state index is 12.4. The largest absolute Gasteiger partial charge is 0.467 e. The Morgan fingerprint density at radius 3 is 3.00 bits per heavy atom. The van der Waals surface area contributed by atoms with Gasteiger partial charge in [-0.1, -0.05) is 11.6 Å². The van der Waals surface area contributed by atoms with Crippen molar-refractivity contribution in [2.45, 2.75) is 32.5 Å². The molecular formula is C18H20ClNO5. The van der Waals surface area contributed by atoms with E-state index in [9.17, 15) is 9.59 Å². The number of hydrogen-bond acceptors (Lipinski definition) is 5. The Kier molecular flexibility index (Phi) is 4.56. The highest BCUT2D eigenvalue weighted by molar-refractivity contribution is 6.30. The van der Waals surface area contributed by atoms with Gasteiger partial charge in [0.1, 0.15) is 12.4 Å². The van der Waals surface area contributed by atoms with Crippen molar-refractivity contribution in [1.29, 1.82) is 0 Å². The molecule has 1 atom stereocenters. The van der Waals surface area contributed by atoms with E-state index in [0.717, 1.165) is 17.7 Å². The molecule has 0 radical (unpaired) electrons. The van der Waals surface area contributed by atoms with Crippen molar-refractivity contribution in [2.24, 2.45) is 11.8 Å². The first-order valence-corrected chi connectivity index (χ1v) is 8.94. The van der Waals surface area contributed by atoms with E-state index in [2.05, 4.69) is 0 Å². The number of ether oxygens (including phenoxy) is 3. The molecule has 2 heterocycles.